The van der Waals surface area contributed by atoms with E-state index < -0.39 is 5.97 Å². The summed E-state index contributed by atoms with van der Waals surface area (Å²) in [4.78, 5) is 13.8. The Hall–Kier alpha value is -1.35. The van der Waals surface area contributed by atoms with Crippen LogP contribution in [-0.4, -0.2) is 28.6 Å². The number of fused-ring (bicyclic) bond motifs is 1. The summed E-state index contributed by atoms with van der Waals surface area (Å²) in [6.45, 7) is 4.22. The quantitative estimate of drug-likeness (QED) is 0.915. The predicted molar refractivity (Wildman–Crippen MR) is 78.9 cm³/mol. The van der Waals surface area contributed by atoms with Gasteiger partial charge in [-0.2, -0.15) is 0 Å². The van der Waals surface area contributed by atoms with Crippen molar-refractivity contribution in [3.8, 4) is 0 Å². The fourth-order valence-electron chi connectivity index (χ4n) is 3.57. The van der Waals surface area contributed by atoms with Crippen LogP contribution in [0.25, 0.3) is 0 Å². The van der Waals surface area contributed by atoms with Crippen LogP contribution in [0.3, 0.4) is 0 Å². The van der Waals surface area contributed by atoms with E-state index >= 15 is 0 Å². The normalized spacial score (nSPS) is 21.1. The van der Waals surface area contributed by atoms with E-state index in [2.05, 4.69) is 17.9 Å². The van der Waals surface area contributed by atoms with Gasteiger partial charge in [-0.1, -0.05) is 31.4 Å². The Morgan fingerprint density at radius 2 is 2.25 bits per heavy atom. The molecule has 1 saturated carbocycles. The van der Waals surface area contributed by atoms with E-state index in [0.29, 0.717) is 11.6 Å². The number of carbonyl (C=O) groups is 1. The van der Waals surface area contributed by atoms with Crippen molar-refractivity contribution < 1.29 is 9.90 Å². The minimum Gasteiger partial charge on any atom is -0.478 e. The SMILES string of the molecule is CC(CC1CCC1)N1CCc2c(cccc2C(=O)O)C1. The van der Waals surface area contributed by atoms with Gasteiger partial charge in [-0.15, -0.1) is 0 Å². The van der Waals surface area contributed by atoms with Crippen LogP contribution in [0.2, 0.25) is 0 Å². The standard InChI is InChI=1S/C17H23NO2/c1-12(10-13-4-2-5-13)18-9-8-15-14(11-18)6-3-7-16(15)17(19)20/h3,6-7,12-13H,2,4-5,8-11H2,1H3,(H,19,20). The molecule has 0 spiro atoms. The van der Waals surface area contributed by atoms with Gasteiger partial charge in [-0.05, 0) is 42.9 Å². The molecule has 1 aromatic carbocycles. The van der Waals surface area contributed by atoms with Crippen LogP contribution < -0.4 is 0 Å². The molecule has 1 N–H and O–H groups in total. The maximum Gasteiger partial charge on any atom is 0.335 e. The summed E-state index contributed by atoms with van der Waals surface area (Å²) in [5.41, 5.74) is 2.75. The van der Waals surface area contributed by atoms with Gasteiger partial charge < -0.3 is 5.11 Å². The van der Waals surface area contributed by atoms with Crippen LogP contribution in [0.15, 0.2) is 18.2 Å². The minimum absolute atomic E-state index is 0.494. The van der Waals surface area contributed by atoms with E-state index in [1.54, 1.807) is 6.07 Å². The number of hydrogen-bond acceptors (Lipinski definition) is 2. The molecule has 1 heterocycles. The lowest BCUT2D eigenvalue weighted by Gasteiger charge is -2.37. The second-order valence-electron chi connectivity index (χ2n) is 6.35. The van der Waals surface area contributed by atoms with E-state index in [1.165, 1.54) is 31.2 Å². The largest absolute Gasteiger partial charge is 0.478 e. The molecule has 3 heteroatoms. The fourth-order valence-corrected chi connectivity index (χ4v) is 3.57. The molecule has 1 unspecified atom stereocenters. The third-order valence-corrected chi connectivity index (χ3v) is 5.05. The Labute approximate surface area is 120 Å². The lowest BCUT2D eigenvalue weighted by Crippen LogP contribution is -2.39. The molecule has 0 amide bonds. The maximum atomic E-state index is 11.3. The average molecular weight is 273 g/mol. The molecule has 0 aromatic heterocycles. The lowest BCUT2D eigenvalue weighted by atomic mass is 9.80. The van der Waals surface area contributed by atoms with Crippen LogP contribution in [0.1, 0.15) is 54.1 Å². The summed E-state index contributed by atoms with van der Waals surface area (Å²) in [6, 6.07) is 6.31. The zero-order chi connectivity index (χ0) is 14.1. The van der Waals surface area contributed by atoms with Gasteiger partial charge in [0.1, 0.15) is 0 Å². The van der Waals surface area contributed by atoms with Crippen LogP contribution >= 0.6 is 0 Å². The second kappa shape index (κ2) is 5.57. The van der Waals surface area contributed by atoms with Crippen molar-refractivity contribution in [3.05, 3.63) is 34.9 Å². The summed E-state index contributed by atoms with van der Waals surface area (Å²) >= 11 is 0. The first-order valence-corrected chi connectivity index (χ1v) is 7.73. The first-order valence-electron chi connectivity index (χ1n) is 7.73. The summed E-state index contributed by atoms with van der Waals surface area (Å²) in [5.74, 6) is 0.134. The Kier molecular flexibility index (Phi) is 3.79. The molecule has 0 radical (unpaired) electrons. The van der Waals surface area contributed by atoms with Crippen molar-refractivity contribution in [1.82, 2.24) is 4.90 Å². The molecule has 0 bridgehead atoms. The number of rotatable bonds is 4. The van der Waals surface area contributed by atoms with Crippen LogP contribution in [-0.2, 0) is 13.0 Å². The first-order chi connectivity index (χ1) is 9.65. The van der Waals surface area contributed by atoms with Crippen LogP contribution in [0.5, 0.6) is 0 Å². The first kappa shape index (κ1) is 13.6. The highest BCUT2D eigenvalue weighted by molar-refractivity contribution is 5.89. The molecule has 20 heavy (non-hydrogen) atoms. The van der Waals surface area contributed by atoms with Crippen molar-refractivity contribution in [1.29, 1.82) is 0 Å². The number of carboxylic acids is 1. The number of benzene rings is 1. The Morgan fingerprint density at radius 3 is 2.90 bits per heavy atom. The second-order valence-corrected chi connectivity index (χ2v) is 6.35. The molecule has 3 nitrogen and oxygen atoms in total. The molecule has 3 rings (SSSR count). The third-order valence-electron chi connectivity index (χ3n) is 5.05. The van der Waals surface area contributed by atoms with Crippen LogP contribution in [0.4, 0.5) is 0 Å². The maximum absolute atomic E-state index is 11.3. The van der Waals surface area contributed by atoms with Gasteiger partial charge >= 0.3 is 5.97 Å². The highest BCUT2D eigenvalue weighted by Crippen LogP contribution is 2.33. The van der Waals surface area contributed by atoms with Gasteiger partial charge in [0.15, 0.2) is 0 Å². The Morgan fingerprint density at radius 1 is 1.45 bits per heavy atom. The molecule has 108 valence electrons. The lowest BCUT2D eigenvalue weighted by molar-refractivity contribution is 0.0694. The van der Waals surface area contributed by atoms with Crippen molar-refractivity contribution in [3.63, 3.8) is 0 Å². The smallest absolute Gasteiger partial charge is 0.335 e. The van der Waals surface area contributed by atoms with Gasteiger partial charge in [-0.3, -0.25) is 4.90 Å². The molecule has 0 saturated heterocycles. The molecule has 1 aliphatic carbocycles. The van der Waals surface area contributed by atoms with Gasteiger partial charge in [0.2, 0.25) is 0 Å². The minimum atomic E-state index is -0.794. The van der Waals surface area contributed by atoms with Gasteiger partial charge in [-0.25, -0.2) is 4.79 Å². The van der Waals surface area contributed by atoms with E-state index in [0.717, 1.165) is 31.0 Å². The summed E-state index contributed by atoms with van der Waals surface area (Å²) in [6.07, 6.45) is 6.37. The summed E-state index contributed by atoms with van der Waals surface area (Å²) in [5, 5.41) is 9.26. The van der Waals surface area contributed by atoms with E-state index in [1.807, 2.05) is 6.07 Å². The number of nitrogens with zero attached hydrogens (tertiary/aromatic N) is 1. The fraction of sp³-hybridized carbons (Fsp3) is 0.588. The molecule has 1 aliphatic heterocycles. The highest BCUT2D eigenvalue weighted by atomic mass is 16.4. The molecular weight excluding hydrogens is 250 g/mol. The Balaban J connectivity index is 1.71. The van der Waals surface area contributed by atoms with Crippen LogP contribution in [0, 0.1) is 5.92 Å². The molecule has 1 fully saturated rings. The van der Waals surface area contributed by atoms with E-state index in [4.69, 9.17) is 0 Å². The van der Waals surface area contributed by atoms with Gasteiger partial charge in [0.25, 0.3) is 0 Å². The number of carboxylic acid groups (broad SMARTS) is 1. The third kappa shape index (κ3) is 2.59. The predicted octanol–water partition coefficient (Wildman–Crippen LogP) is 3.32. The molecule has 2 aliphatic rings. The zero-order valence-electron chi connectivity index (χ0n) is 12.1. The molecule has 1 atom stereocenters. The average Bonchev–Trinajstić information content (AvgIpc) is 2.41. The molecule has 1 aromatic rings. The van der Waals surface area contributed by atoms with E-state index in [9.17, 15) is 9.90 Å². The monoisotopic (exact) mass is 273 g/mol. The number of aromatic carboxylic acids is 1. The highest BCUT2D eigenvalue weighted by Gasteiger charge is 2.27. The zero-order valence-corrected chi connectivity index (χ0v) is 12.1. The topological polar surface area (TPSA) is 40.5 Å². The molecular formula is C17H23NO2. The van der Waals surface area contributed by atoms with Crippen molar-refractivity contribution in [2.24, 2.45) is 5.92 Å². The number of hydrogen-bond donors (Lipinski definition) is 1. The van der Waals surface area contributed by atoms with Gasteiger partial charge in [0, 0.05) is 19.1 Å². The van der Waals surface area contributed by atoms with Gasteiger partial charge in [0.05, 0.1) is 5.56 Å². The summed E-state index contributed by atoms with van der Waals surface area (Å²) in [7, 11) is 0. The van der Waals surface area contributed by atoms with E-state index in [-0.39, 0.29) is 0 Å². The van der Waals surface area contributed by atoms with Crippen molar-refractivity contribution in [2.45, 2.75) is 51.6 Å². The van der Waals surface area contributed by atoms with Crippen molar-refractivity contribution >= 4 is 5.97 Å². The summed E-state index contributed by atoms with van der Waals surface area (Å²) < 4.78 is 0. The Bertz CT molecular complexity index is 508. The van der Waals surface area contributed by atoms with Crippen molar-refractivity contribution in [2.75, 3.05) is 6.54 Å².